The van der Waals surface area contributed by atoms with E-state index in [1.165, 1.54) is 0 Å². The van der Waals surface area contributed by atoms with Crippen LogP contribution < -0.4 is 0 Å². The molecular weight excluding hydrogens is 102 g/mol. The van der Waals surface area contributed by atoms with Crippen molar-refractivity contribution in [3.8, 4) is 0 Å². The summed E-state index contributed by atoms with van der Waals surface area (Å²) in [4.78, 5) is 2.10. The number of nitrogens with zero attached hydrogens (tertiary/aromatic N) is 1. The average Bonchev–Trinajstić information content (AvgIpc) is 1.84. The summed E-state index contributed by atoms with van der Waals surface area (Å²) in [5, 5.41) is 8.59. The molecule has 0 unspecified atom stereocenters. The van der Waals surface area contributed by atoms with Crippen LogP contribution in [0.3, 0.4) is 0 Å². The summed E-state index contributed by atoms with van der Waals surface area (Å²) in [6.07, 6.45) is 0. The summed E-state index contributed by atoms with van der Waals surface area (Å²) in [7, 11) is 2.00. The van der Waals surface area contributed by atoms with Crippen LogP contribution in [0, 0.1) is 0 Å². The van der Waals surface area contributed by atoms with E-state index in [0.717, 1.165) is 6.54 Å². The summed E-state index contributed by atoms with van der Waals surface area (Å²) in [6.45, 7) is 5.34. The highest BCUT2D eigenvalue weighted by Crippen LogP contribution is 1.90. The molecule has 8 heavy (non-hydrogen) atoms. The maximum Gasteiger partial charge on any atom is 0.0584 e. The second-order valence-electron chi connectivity index (χ2n) is 2.10. The lowest BCUT2D eigenvalue weighted by atomic mass is 10.3. The van der Waals surface area contributed by atoms with E-state index in [9.17, 15) is 0 Å². The van der Waals surface area contributed by atoms with Gasteiger partial charge in [-0.3, -0.25) is 0 Å². The predicted octanol–water partition coefficient (Wildman–Crippen LogP) is 0.319. The molecule has 2 heteroatoms. The third-order valence-electron chi connectivity index (χ3n) is 1.52. The molecule has 2 nitrogen and oxygen atoms in total. The molecule has 0 aliphatic heterocycles. The van der Waals surface area contributed by atoms with Crippen LogP contribution >= 0.6 is 0 Å². The van der Waals surface area contributed by atoms with Gasteiger partial charge in [0, 0.05) is 6.04 Å². The SMILES string of the molecule is CCN(C)[C@@H](C)CO. The van der Waals surface area contributed by atoms with E-state index in [0.29, 0.717) is 6.04 Å². The Balaban J connectivity index is 3.29. The summed E-state index contributed by atoms with van der Waals surface area (Å²) in [5.41, 5.74) is 0. The Bertz CT molecular complexity index is 48.5. The lowest BCUT2D eigenvalue weighted by molar-refractivity contribution is 0.164. The highest BCUT2D eigenvalue weighted by atomic mass is 16.3. The Morgan fingerprint density at radius 3 is 2.25 bits per heavy atom. The van der Waals surface area contributed by atoms with E-state index < -0.39 is 0 Å². The maximum atomic E-state index is 8.59. The molecule has 0 radical (unpaired) electrons. The van der Waals surface area contributed by atoms with Crippen LogP contribution in [0.2, 0.25) is 0 Å². The first-order chi connectivity index (χ1) is 3.72. The van der Waals surface area contributed by atoms with Crippen molar-refractivity contribution < 1.29 is 5.11 Å². The zero-order valence-electron chi connectivity index (χ0n) is 5.89. The van der Waals surface area contributed by atoms with Crippen LogP contribution in [0.4, 0.5) is 0 Å². The minimum Gasteiger partial charge on any atom is -0.395 e. The molecule has 0 saturated heterocycles. The molecule has 0 rings (SSSR count). The molecule has 0 aliphatic rings. The molecule has 0 saturated carbocycles. The van der Waals surface area contributed by atoms with Crippen molar-refractivity contribution >= 4 is 0 Å². The van der Waals surface area contributed by atoms with E-state index >= 15 is 0 Å². The van der Waals surface area contributed by atoms with Crippen molar-refractivity contribution in [1.29, 1.82) is 0 Å². The summed E-state index contributed by atoms with van der Waals surface area (Å²) >= 11 is 0. The second-order valence-corrected chi connectivity index (χ2v) is 2.10. The Morgan fingerprint density at radius 1 is 1.62 bits per heavy atom. The van der Waals surface area contributed by atoms with Crippen molar-refractivity contribution in [2.24, 2.45) is 0 Å². The van der Waals surface area contributed by atoms with Gasteiger partial charge in [0.2, 0.25) is 0 Å². The number of aliphatic hydroxyl groups excluding tert-OH is 1. The van der Waals surface area contributed by atoms with E-state index in [-0.39, 0.29) is 6.61 Å². The Hall–Kier alpha value is -0.0800. The molecule has 1 atom stereocenters. The molecule has 0 heterocycles. The predicted molar refractivity (Wildman–Crippen MR) is 34.9 cm³/mol. The van der Waals surface area contributed by atoms with Gasteiger partial charge in [0.15, 0.2) is 0 Å². The lowest BCUT2D eigenvalue weighted by Gasteiger charge is -2.19. The van der Waals surface area contributed by atoms with Crippen LogP contribution in [-0.2, 0) is 0 Å². The number of aliphatic hydroxyl groups is 1. The molecule has 0 fully saturated rings. The van der Waals surface area contributed by atoms with Gasteiger partial charge < -0.3 is 10.0 Å². The summed E-state index contributed by atoms with van der Waals surface area (Å²) in [5.74, 6) is 0. The summed E-state index contributed by atoms with van der Waals surface area (Å²) in [6, 6.07) is 0.306. The molecule has 50 valence electrons. The van der Waals surface area contributed by atoms with Crippen molar-refractivity contribution in [3.63, 3.8) is 0 Å². The Labute approximate surface area is 51.1 Å². The van der Waals surface area contributed by atoms with Crippen LogP contribution in [0.15, 0.2) is 0 Å². The fourth-order valence-electron chi connectivity index (χ4n) is 0.451. The quantitative estimate of drug-likeness (QED) is 0.575. The van der Waals surface area contributed by atoms with Gasteiger partial charge in [0.05, 0.1) is 6.61 Å². The monoisotopic (exact) mass is 117 g/mol. The van der Waals surface area contributed by atoms with Crippen molar-refractivity contribution in [1.82, 2.24) is 4.90 Å². The van der Waals surface area contributed by atoms with E-state index in [2.05, 4.69) is 11.8 Å². The maximum absolute atomic E-state index is 8.59. The van der Waals surface area contributed by atoms with Gasteiger partial charge in [0.25, 0.3) is 0 Å². The topological polar surface area (TPSA) is 23.5 Å². The van der Waals surface area contributed by atoms with Gasteiger partial charge in [-0.25, -0.2) is 0 Å². The van der Waals surface area contributed by atoms with Gasteiger partial charge >= 0.3 is 0 Å². The smallest absolute Gasteiger partial charge is 0.0584 e. The molecule has 0 aromatic carbocycles. The van der Waals surface area contributed by atoms with Gasteiger partial charge in [-0.2, -0.15) is 0 Å². The molecule has 0 bridgehead atoms. The molecule has 0 aliphatic carbocycles. The van der Waals surface area contributed by atoms with Crippen LogP contribution in [0.5, 0.6) is 0 Å². The number of likely N-dealkylation sites (N-methyl/N-ethyl adjacent to an activating group) is 1. The van der Waals surface area contributed by atoms with Crippen LogP contribution in [-0.4, -0.2) is 36.2 Å². The Kier molecular flexibility index (Phi) is 3.83. The molecule has 0 spiro atoms. The highest BCUT2D eigenvalue weighted by molar-refractivity contribution is 4.57. The lowest BCUT2D eigenvalue weighted by Crippen LogP contribution is -2.31. The molecule has 0 aromatic heterocycles. The number of rotatable bonds is 3. The first-order valence-electron chi connectivity index (χ1n) is 3.03. The fraction of sp³-hybridized carbons (Fsp3) is 1.00. The fourth-order valence-corrected chi connectivity index (χ4v) is 0.451. The zero-order chi connectivity index (χ0) is 6.57. The van der Waals surface area contributed by atoms with Gasteiger partial charge in [-0.05, 0) is 20.5 Å². The number of hydrogen-bond acceptors (Lipinski definition) is 2. The van der Waals surface area contributed by atoms with Gasteiger partial charge in [-0.1, -0.05) is 6.92 Å². The van der Waals surface area contributed by atoms with E-state index in [4.69, 9.17) is 5.11 Å². The van der Waals surface area contributed by atoms with Crippen molar-refractivity contribution in [3.05, 3.63) is 0 Å². The standard InChI is InChI=1S/C6H15NO/c1-4-7(3)6(2)5-8/h6,8H,4-5H2,1-3H3/t6-/m0/s1. The largest absolute Gasteiger partial charge is 0.395 e. The van der Waals surface area contributed by atoms with Gasteiger partial charge in [0.1, 0.15) is 0 Å². The molecule has 1 N–H and O–H groups in total. The third-order valence-corrected chi connectivity index (χ3v) is 1.52. The van der Waals surface area contributed by atoms with Crippen LogP contribution in [0.1, 0.15) is 13.8 Å². The minimum atomic E-state index is 0.254. The third kappa shape index (κ3) is 2.28. The number of hydrogen-bond donors (Lipinski definition) is 1. The normalized spacial score (nSPS) is 14.6. The first kappa shape index (κ1) is 7.92. The van der Waals surface area contributed by atoms with Crippen molar-refractivity contribution in [2.75, 3.05) is 20.2 Å². The molecular formula is C6H15NO. The first-order valence-corrected chi connectivity index (χ1v) is 3.03. The van der Waals surface area contributed by atoms with Crippen molar-refractivity contribution in [2.45, 2.75) is 19.9 Å². The summed E-state index contributed by atoms with van der Waals surface area (Å²) < 4.78 is 0. The minimum absolute atomic E-state index is 0.254. The zero-order valence-corrected chi connectivity index (χ0v) is 5.89. The average molecular weight is 117 g/mol. The molecule has 0 aromatic rings. The van der Waals surface area contributed by atoms with Crippen LogP contribution in [0.25, 0.3) is 0 Å². The molecule has 0 amide bonds. The second kappa shape index (κ2) is 3.87. The van der Waals surface area contributed by atoms with Gasteiger partial charge in [-0.15, -0.1) is 0 Å². The highest BCUT2D eigenvalue weighted by Gasteiger charge is 2.02. The Morgan fingerprint density at radius 2 is 2.12 bits per heavy atom. The van der Waals surface area contributed by atoms with E-state index in [1.807, 2.05) is 14.0 Å². The van der Waals surface area contributed by atoms with E-state index in [1.54, 1.807) is 0 Å².